The van der Waals surface area contributed by atoms with Crippen molar-refractivity contribution in [2.75, 3.05) is 27.2 Å². The number of alkyl halides is 3. The minimum atomic E-state index is -4.63. The summed E-state index contributed by atoms with van der Waals surface area (Å²) in [5.74, 6) is 0. The summed E-state index contributed by atoms with van der Waals surface area (Å²) in [6.07, 6.45) is -1.08. The number of nitrogens with zero attached hydrogens (tertiary/aromatic N) is 1. The van der Waals surface area contributed by atoms with Crippen LogP contribution in [0.25, 0.3) is 44.5 Å². The SMILES string of the molecule is CCC1(c2ccc(-c3ccc(-c4ccc(C(c5ccccc5)(c5ccc(-c6ccc(-c7ccc(C)cc7)cc6)cc5)C(F)(F)F)cc4)cc3)cc2)CC[N+](C)(C)CC1. The molecular weight excluding hydrogens is 720 g/mol. The van der Waals surface area contributed by atoms with Crippen molar-refractivity contribution in [3.8, 4) is 44.5 Å². The normalized spacial score (nSPS) is 16.1. The maximum absolute atomic E-state index is 15.9. The van der Waals surface area contributed by atoms with Crippen molar-refractivity contribution in [1.82, 2.24) is 0 Å². The van der Waals surface area contributed by atoms with Gasteiger partial charge in [-0.25, -0.2) is 0 Å². The van der Waals surface area contributed by atoms with Crippen LogP contribution >= 0.6 is 0 Å². The van der Waals surface area contributed by atoms with Crippen LogP contribution in [-0.4, -0.2) is 37.8 Å². The van der Waals surface area contributed by atoms with Gasteiger partial charge in [-0.15, -0.1) is 0 Å². The van der Waals surface area contributed by atoms with Gasteiger partial charge in [0.15, 0.2) is 0 Å². The molecule has 1 nitrogen and oxygen atoms in total. The van der Waals surface area contributed by atoms with Crippen molar-refractivity contribution in [3.63, 3.8) is 0 Å². The molecule has 1 saturated heterocycles. The molecule has 1 atom stereocenters. The number of hydrogen-bond acceptors (Lipinski definition) is 0. The molecule has 1 fully saturated rings. The molecule has 7 aromatic rings. The standard InChI is InChI=1S/C54H51F3N/c1-5-52(35-37-58(3,4)38-36-52)48-29-23-45(24-30-48)42-19-21-44(22-20-42)47-27-33-51(34-28-47)53(54(55,56)57,49-9-7-6-8-10-49)50-31-25-46(26-32-50)43-17-15-41(16-18-43)40-13-11-39(2)12-14-40/h6-34H,5,35-38H2,1-4H3/q+1. The Balaban J connectivity index is 1.07. The number of aryl methyl sites for hydroxylation is 1. The molecule has 1 unspecified atom stereocenters. The third-order valence-electron chi connectivity index (χ3n) is 13.0. The zero-order valence-electron chi connectivity index (χ0n) is 33.9. The van der Waals surface area contributed by atoms with E-state index in [4.69, 9.17) is 0 Å². The van der Waals surface area contributed by atoms with Crippen molar-refractivity contribution < 1.29 is 17.7 Å². The molecule has 292 valence electrons. The first kappa shape index (κ1) is 39.1. The molecule has 4 heteroatoms. The molecule has 0 saturated carbocycles. The average Bonchev–Trinajstić information content (AvgIpc) is 3.25. The Morgan fingerprint density at radius 3 is 1.10 bits per heavy atom. The number of benzene rings is 7. The van der Waals surface area contributed by atoms with Crippen LogP contribution < -0.4 is 0 Å². The lowest BCUT2D eigenvalue weighted by atomic mass is 9.68. The average molecular weight is 771 g/mol. The van der Waals surface area contributed by atoms with E-state index < -0.39 is 11.6 Å². The number of halogens is 3. The molecule has 7 aromatic carbocycles. The first-order valence-corrected chi connectivity index (χ1v) is 20.5. The van der Waals surface area contributed by atoms with E-state index >= 15 is 13.2 Å². The fourth-order valence-corrected chi connectivity index (χ4v) is 9.09. The largest absolute Gasteiger partial charge is 0.406 e. The molecule has 0 amide bonds. The molecule has 0 bridgehead atoms. The molecule has 0 radical (unpaired) electrons. The maximum atomic E-state index is 15.9. The second-order valence-electron chi connectivity index (χ2n) is 16.9. The van der Waals surface area contributed by atoms with Gasteiger partial charge in [-0.1, -0.05) is 188 Å². The van der Waals surface area contributed by atoms with Gasteiger partial charge in [0.1, 0.15) is 5.41 Å². The molecule has 1 aliphatic rings. The lowest BCUT2D eigenvalue weighted by Gasteiger charge is -2.44. The van der Waals surface area contributed by atoms with Crippen LogP contribution in [0.1, 0.15) is 54.0 Å². The van der Waals surface area contributed by atoms with E-state index in [2.05, 4.69) is 113 Å². The van der Waals surface area contributed by atoms with Gasteiger partial charge >= 0.3 is 6.18 Å². The van der Waals surface area contributed by atoms with Gasteiger partial charge in [0, 0.05) is 18.3 Å². The number of quaternary nitrogens is 1. The molecule has 0 aliphatic carbocycles. The summed E-state index contributed by atoms with van der Waals surface area (Å²) in [5, 5.41) is 0. The third kappa shape index (κ3) is 7.42. The lowest BCUT2D eigenvalue weighted by Crippen LogP contribution is -2.51. The Hall–Kier alpha value is -5.71. The van der Waals surface area contributed by atoms with Crippen molar-refractivity contribution in [3.05, 3.63) is 204 Å². The summed E-state index contributed by atoms with van der Waals surface area (Å²) in [7, 11) is 4.66. The Morgan fingerprint density at radius 2 is 0.759 bits per heavy atom. The van der Waals surface area contributed by atoms with Gasteiger partial charge in [0.25, 0.3) is 0 Å². The molecule has 1 aliphatic heterocycles. The highest BCUT2D eigenvalue weighted by Gasteiger charge is 2.58. The van der Waals surface area contributed by atoms with Crippen LogP contribution in [-0.2, 0) is 10.8 Å². The minimum absolute atomic E-state index is 0.172. The van der Waals surface area contributed by atoms with Gasteiger partial charge in [-0.2, -0.15) is 13.2 Å². The van der Waals surface area contributed by atoms with E-state index in [9.17, 15) is 0 Å². The third-order valence-corrected chi connectivity index (χ3v) is 13.0. The highest BCUT2D eigenvalue weighted by atomic mass is 19.4. The molecule has 0 N–H and O–H groups in total. The molecule has 8 rings (SSSR count). The molecular formula is C54H51F3N+. The van der Waals surface area contributed by atoms with Crippen LogP contribution in [0, 0.1) is 6.92 Å². The van der Waals surface area contributed by atoms with Gasteiger partial charge in [0.2, 0.25) is 0 Å². The number of likely N-dealkylation sites (tertiary alicyclic amines) is 1. The summed E-state index contributed by atoms with van der Waals surface area (Å²) < 4.78 is 48.8. The van der Waals surface area contributed by atoms with Crippen molar-refractivity contribution >= 4 is 0 Å². The summed E-state index contributed by atoms with van der Waals surface area (Å²) in [6, 6.07) is 56.1. The smallest absolute Gasteiger partial charge is 0.328 e. The van der Waals surface area contributed by atoms with E-state index in [1.807, 2.05) is 24.3 Å². The quantitative estimate of drug-likeness (QED) is 0.101. The first-order valence-electron chi connectivity index (χ1n) is 20.5. The zero-order chi connectivity index (χ0) is 40.5. The Morgan fingerprint density at radius 1 is 0.448 bits per heavy atom. The fraction of sp³-hybridized carbons (Fsp3) is 0.222. The monoisotopic (exact) mass is 770 g/mol. The number of rotatable bonds is 9. The van der Waals surface area contributed by atoms with Crippen LogP contribution in [0.4, 0.5) is 13.2 Å². The summed E-state index contributed by atoms with van der Waals surface area (Å²) in [5.41, 5.74) is 9.13. The van der Waals surface area contributed by atoms with Crippen molar-refractivity contribution in [1.29, 1.82) is 0 Å². The second-order valence-corrected chi connectivity index (χ2v) is 16.9. The van der Waals surface area contributed by atoms with Crippen LogP contribution in [0.3, 0.4) is 0 Å². The van der Waals surface area contributed by atoms with E-state index in [1.54, 1.807) is 66.7 Å². The van der Waals surface area contributed by atoms with Crippen LogP contribution in [0.5, 0.6) is 0 Å². The Bertz CT molecular complexity index is 2440. The highest BCUT2D eigenvalue weighted by Crippen LogP contribution is 2.52. The number of piperidine rings is 1. The summed E-state index contributed by atoms with van der Waals surface area (Å²) in [4.78, 5) is 0. The highest BCUT2D eigenvalue weighted by molar-refractivity contribution is 5.73. The number of hydrogen-bond donors (Lipinski definition) is 0. The molecule has 0 spiro atoms. The molecule has 0 aromatic heterocycles. The maximum Gasteiger partial charge on any atom is 0.406 e. The molecule has 58 heavy (non-hydrogen) atoms. The first-order chi connectivity index (χ1) is 27.9. The van der Waals surface area contributed by atoms with E-state index in [1.165, 1.54) is 37.1 Å². The van der Waals surface area contributed by atoms with Gasteiger partial charge in [-0.05, 0) is 80.1 Å². The van der Waals surface area contributed by atoms with Gasteiger partial charge in [-0.3, -0.25) is 0 Å². The predicted octanol–water partition coefficient (Wildman–Crippen LogP) is 14.1. The predicted molar refractivity (Wildman–Crippen MR) is 235 cm³/mol. The van der Waals surface area contributed by atoms with Gasteiger partial charge < -0.3 is 4.48 Å². The van der Waals surface area contributed by atoms with Crippen molar-refractivity contribution in [2.45, 2.75) is 50.1 Å². The Labute approximate surface area is 342 Å². The second kappa shape index (κ2) is 15.6. The summed E-state index contributed by atoms with van der Waals surface area (Å²) >= 11 is 0. The minimum Gasteiger partial charge on any atom is -0.328 e. The molecule has 1 heterocycles. The van der Waals surface area contributed by atoms with E-state index in [0.29, 0.717) is 0 Å². The van der Waals surface area contributed by atoms with E-state index in [0.717, 1.165) is 55.4 Å². The van der Waals surface area contributed by atoms with Crippen molar-refractivity contribution in [2.24, 2.45) is 0 Å². The topological polar surface area (TPSA) is 0 Å². The van der Waals surface area contributed by atoms with E-state index in [-0.39, 0.29) is 22.1 Å². The van der Waals surface area contributed by atoms with Crippen LogP contribution in [0.15, 0.2) is 176 Å². The van der Waals surface area contributed by atoms with Crippen LogP contribution in [0.2, 0.25) is 0 Å². The fourth-order valence-electron chi connectivity index (χ4n) is 9.09. The zero-order valence-corrected chi connectivity index (χ0v) is 33.9. The summed E-state index contributed by atoms with van der Waals surface area (Å²) in [6.45, 7) is 6.77. The van der Waals surface area contributed by atoms with Gasteiger partial charge in [0.05, 0.1) is 27.2 Å². The lowest BCUT2D eigenvalue weighted by molar-refractivity contribution is -0.896. The Kier molecular flexibility index (Phi) is 10.5.